The molecular weight excluding hydrogens is 351 g/mol. The second kappa shape index (κ2) is 19.5. The van der Waals surface area contributed by atoms with Crippen LogP contribution in [0.3, 0.4) is 0 Å². The SMILES string of the molecule is C.C.CC[N-]CCC(CC)N(CC)CCC(CC)C(N)=O.[Y]. The number of carbonyl (C=O) groups excluding carboxylic acids is 1. The van der Waals surface area contributed by atoms with E-state index in [0.29, 0.717) is 6.04 Å². The summed E-state index contributed by atoms with van der Waals surface area (Å²) < 4.78 is 0. The molecule has 0 aliphatic carbocycles. The summed E-state index contributed by atoms with van der Waals surface area (Å²) in [6, 6.07) is 0.575. The molecule has 0 heterocycles. The maximum Gasteiger partial charge on any atom is 0.220 e. The van der Waals surface area contributed by atoms with E-state index in [9.17, 15) is 4.79 Å². The molecule has 2 atom stereocenters. The van der Waals surface area contributed by atoms with Gasteiger partial charge in [0.05, 0.1) is 0 Å². The van der Waals surface area contributed by atoms with E-state index in [1.165, 1.54) is 0 Å². The molecule has 0 bridgehead atoms. The van der Waals surface area contributed by atoms with E-state index in [-0.39, 0.29) is 59.4 Å². The minimum atomic E-state index is -0.160. The van der Waals surface area contributed by atoms with Crippen molar-refractivity contribution < 1.29 is 37.5 Å². The number of carbonyl (C=O) groups is 1. The van der Waals surface area contributed by atoms with Crippen LogP contribution in [-0.2, 0) is 37.5 Å². The Balaban J connectivity index is -0.000000540. The van der Waals surface area contributed by atoms with Crippen molar-refractivity contribution in [1.82, 2.24) is 4.90 Å². The van der Waals surface area contributed by atoms with Crippen molar-refractivity contribution in [3.8, 4) is 0 Å². The third kappa shape index (κ3) is 13.0. The van der Waals surface area contributed by atoms with Gasteiger partial charge in [-0.3, -0.25) is 4.79 Å². The molecule has 2 unspecified atom stereocenters. The first-order valence-electron chi connectivity index (χ1n) is 7.77. The number of primary amides is 1. The Bertz CT molecular complexity index is 240. The van der Waals surface area contributed by atoms with Gasteiger partial charge >= 0.3 is 0 Å². The van der Waals surface area contributed by atoms with Crippen LogP contribution in [0, 0.1) is 5.92 Å². The molecule has 0 aromatic rings. The molecule has 5 heteroatoms. The van der Waals surface area contributed by atoms with E-state index in [1.807, 2.05) is 6.92 Å². The average molecular weight is 391 g/mol. The van der Waals surface area contributed by atoms with E-state index >= 15 is 0 Å². The number of nitrogens with two attached hydrogens (primary N) is 1. The Morgan fingerprint density at radius 2 is 1.68 bits per heavy atom. The molecule has 133 valence electrons. The van der Waals surface area contributed by atoms with Crippen molar-refractivity contribution in [2.24, 2.45) is 11.7 Å². The molecule has 4 nitrogen and oxygen atoms in total. The van der Waals surface area contributed by atoms with Crippen LogP contribution >= 0.6 is 0 Å². The first-order valence-corrected chi connectivity index (χ1v) is 7.77. The van der Waals surface area contributed by atoms with E-state index < -0.39 is 0 Å². The van der Waals surface area contributed by atoms with Crippen molar-refractivity contribution in [1.29, 1.82) is 0 Å². The first kappa shape index (κ1) is 30.4. The monoisotopic (exact) mass is 391 g/mol. The van der Waals surface area contributed by atoms with E-state index in [2.05, 4.69) is 31.0 Å². The topological polar surface area (TPSA) is 60.4 Å². The predicted molar refractivity (Wildman–Crippen MR) is 95.8 cm³/mol. The summed E-state index contributed by atoms with van der Waals surface area (Å²) in [6.45, 7) is 12.4. The van der Waals surface area contributed by atoms with Gasteiger partial charge in [0.25, 0.3) is 0 Å². The number of rotatable bonds is 12. The van der Waals surface area contributed by atoms with Gasteiger partial charge in [-0.2, -0.15) is 6.54 Å². The largest absolute Gasteiger partial charge is 0.662 e. The van der Waals surface area contributed by atoms with Gasteiger partial charge in [-0.1, -0.05) is 49.0 Å². The van der Waals surface area contributed by atoms with Gasteiger partial charge < -0.3 is 16.0 Å². The minimum absolute atomic E-state index is 0. The summed E-state index contributed by atoms with van der Waals surface area (Å²) in [5, 5.41) is 4.42. The Morgan fingerprint density at radius 3 is 2.05 bits per heavy atom. The zero-order valence-corrected chi connectivity index (χ0v) is 16.6. The molecule has 1 amide bonds. The third-order valence-electron chi connectivity index (χ3n) is 3.90. The number of nitrogens with zero attached hydrogens (tertiary/aromatic N) is 2. The molecule has 0 saturated heterocycles. The summed E-state index contributed by atoms with van der Waals surface area (Å²) in [6.07, 6.45) is 3.97. The van der Waals surface area contributed by atoms with Gasteiger partial charge in [0, 0.05) is 44.7 Å². The summed E-state index contributed by atoms with van der Waals surface area (Å²) in [5.74, 6) is -0.139. The van der Waals surface area contributed by atoms with Gasteiger partial charge in [0.2, 0.25) is 5.91 Å². The molecule has 0 rings (SSSR count). The maximum atomic E-state index is 11.3. The zero-order valence-electron chi connectivity index (χ0n) is 13.8. The molecular formula is C17H40N3OY-. The average Bonchev–Trinajstić information content (AvgIpc) is 2.40. The summed E-state index contributed by atoms with van der Waals surface area (Å²) in [7, 11) is 0. The van der Waals surface area contributed by atoms with Crippen molar-refractivity contribution in [2.45, 2.75) is 74.3 Å². The Labute approximate surface area is 165 Å². The van der Waals surface area contributed by atoms with Crippen molar-refractivity contribution in [2.75, 3.05) is 26.2 Å². The smallest absolute Gasteiger partial charge is 0.220 e. The summed E-state index contributed by atoms with van der Waals surface area (Å²) in [4.78, 5) is 13.7. The fourth-order valence-corrected chi connectivity index (χ4v) is 2.51. The van der Waals surface area contributed by atoms with Gasteiger partial charge in [-0.05, 0) is 32.4 Å². The molecule has 0 aliphatic rings. The number of hydrogen-bond donors (Lipinski definition) is 1. The van der Waals surface area contributed by atoms with Crippen LogP contribution in [0.5, 0.6) is 0 Å². The predicted octanol–water partition coefficient (Wildman–Crippen LogP) is 4.04. The molecule has 0 aromatic carbocycles. The maximum absolute atomic E-state index is 11.3. The standard InChI is InChI=1S/C15H32N3O.2CH4.Y/c1-5-13(15(16)19)10-12-18(8-4)14(6-2)9-11-17-7-3;;;/h13-14H,5-12H2,1-4H3,(H2,16,19);2*1H4;/q-1;;;. The van der Waals surface area contributed by atoms with Crippen LogP contribution in [0.1, 0.15) is 68.2 Å². The van der Waals surface area contributed by atoms with Gasteiger partial charge in [-0.25, -0.2) is 0 Å². The van der Waals surface area contributed by atoms with Crippen molar-refractivity contribution in [3.05, 3.63) is 5.32 Å². The van der Waals surface area contributed by atoms with Crippen LogP contribution in [-0.4, -0.2) is 43.0 Å². The van der Waals surface area contributed by atoms with Crippen LogP contribution < -0.4 is 5.73 Å². The van der Waals surface area contributed by atoms with Crippen LogP contribution in [0.25, 0.3) is 5.32 Å². The minimum Gasteiger partial charge on any atom is -0.662 e. The summed E-state index contributed by atoms with van der Waals surface area (Å²) >= 11 is 0. The Kier molecular flexibility index (Phi) is 27.0. The first-order chi connectivity index (χ1) is 9.10. The number of amides is 1. The van der Waals surface area contributed by atoms with E-state index in [4.69, 9.17) is 5.73 Å². The van der Waals surface area contributed by atoms with Gasteiger partial charge in [0.15, 0.2) is 0 Å². The van der Waals surface area contributed by atoms with E-state index in [1.54, 1.807) is 0 Å². The third-order valence-corrected chi connectivity index (χ3v) is 3.90. The molecule has 0 spiro atoms. The quantitative estimate of drug-likeness (QED) is 0.511. The van der Waals surface area contributed by atoms with Gasteiger partial charge in [0.1, 0.15) is 0 Å². The molecule has 0 aliphatic heterocycles. The zero-order chi connectivity index (χ0) is 14.7. The molecule has 1 radical (unpaired) electrons. The molecule has 22 heavy (non-hydrogen) atoms. The molecule has 2 N–H and O–H groups in total. The van der Waals surface area contributed by atoms with Crippen LogP contribution in [0.15, 0.2) is 0 Å². The Morgan fingerprint density at radius 1 is 1.09 bits per heavy atom. The van der Waals surface area contributed by atoms with Crippen LogP contribution in [0.2, 0.25) is 0 Å². The van der Waals surface area contributed by atoms with E-state index in [0.717, 1.165) is 51.9 Å². The molecule has 0 fully saturated rings. The molecule has 0 saturated carbocycles. The Hall–Kier alpha value is 0.494. The van der Waals surface area contributed by atoms with Gasteiger partial charge in [-0.15, -0.1) is 6.54 Å². The second-order valence-electron chi connectivity index (χ2n) is 5.04. The fourth-order valence-electron chi connectivity index (χ4n) is 2.51. The number of hydrogen-bond acceptors (Lipinski definition) is 2. The van der Waals surface area contributed by atoms with Crippen molar-refractivity contribution in [3.63, 3.8) is 0 Å². The van der Waals surface area contributed by atoms with Crippen molar-refractivity contribution >= 4 is 5.91 Å². The summed E-state index contributed by atoms with van der Waals surface area (Å²) in [5.41, 5.74) is 5.41. The van der Waals surface area contributed by atoms with Crippen LogP contribution in [0.4, 0.5) is 0 Å². The fraction of sp³-hybridized carbons (Fsp3) is 0.941. The molecule has 0 aromatic heterocycles. The normalized spacial score (nSPS) is 12.6. The second-order valence-corrected chi connectivity index (χ2v) is 5.04.